The van der Waals surface area contributed by atoms with E-state index in [9.17, 15) is 22.8 Å². The molecule has 0 spiro atoms. The molecule has 2 heterocycles. The molecule has 0 aromatic rings. The van der Waals surface area contributed by atoms with E-state index in [4.69, 9.17) is 9.84 Å². The molecule has 2 saturated heterocycles. The van der Waals surface area contributed by atoms with Gasteiger partial charge in [0.2, 0.25) is 0 Å². The van der Waals surface area contributed by atoms with Crippen molar-refractivity contribution in [3.63, 3.8) is 0 Å². The van der Waals surface area contributed by atoms with Gasteiger partial charge >= 0.3 is 18.2 Å². The second-order valence-electron chi connectivity index (χ2n) is 6.58. The zero-order valence-electron chi connectivity index (χ0n) is 12.9. The van der Waals surface area contributed by atoms with Crippen molar-refractivity contribution in [3.05, 3.63) is 0 Å². The Bertz CT molecular complexity index is 463. The van der Waals surface area contributed by atoms with Crippen molar-refractivity contribution in [2.24, 2.45) is 17.3 Å². The summed E-state index contributed by atoms with van der Waals surface area (Å²) in [4.78, 5) is 24.0. The van der Waals surface area contributed by atoms with Crippen LogP contribution in [0.4, 0.5) is 18.0 Å². The Labute approximate surface area is 132 Å². The monoisotopic (exact) mass is 338 g/mol. The number of nitrogens with zero attached hydrogens (tertiary/aromatic N) is 1. The number of urea groups is 1. The lowest BCUT2D eigenvalue weighted by atomic mass is 9.82. The molecule has 0 aromatic carbocycles. The molecule has 23 heavy (non-hydrogen) atoms. The predicted octanol–water partition coefficient (Wildman–Crippen LogP) is 1.71. The van der Waals surface area contributed by atoms with E-state index in [0.29, 0.717) is 19.8 Å². The Kier molecular flexibility index (Phi) is 5.07. The largest absolute Gasteiger partial charge is 0.481 e. The molecule has 2 rings (SSSR count). The Morgan fingerprint density at radius 1 is 1.30 bits per heavy atom. The van der Waals surface area contributed by atoms with Gasteiger partial charge in [-0.1, -0.05) is 6.92 Å². The molecular formula is C14H21F3N2O4. The van der Waals surface area contributed by atoms with E-state index in [1.54, 1.807) is 0 Å². The molecule has 0 aromatic heterocycles. The van der Waals surface area contributed by atoms with E-state index in [2.05, 4.69) is 5.32 Å². The van der Waals surface area contributed by atoms with Gasteiger partial charge in [-0.3, -0.25) is 4.79 Å². The molecule has 9 heteroatoms. The van der Waals surface area contributed by atoms with Crippen molar-refractivity contribution in [2.75, 3.05) is 32.8 Å². The molecule has 2 fully saturated rings. The first-order valence-corrected chi connectivity index (χ1v) is 7.52. The summed E-state index contributed by atoms with van der Waals surface area (Å²) < 4.78 is 44.0. The Morgan fingerprint density at radius 2 is 1.91 bits per heavy atom. The van der Waals surface area contributed by atoms with Crippen LogP contribution in [0.1, 0.15) is 19.8 Å². The number of amides is 2. The highest BCUT2D eigenvalue weighted by Crippen LogP contribution is 2.37. The fraction of sp³-hybridized carbons (Fsp3) is 0.857. The maximum atomic E-state index is 12.9. The van der Waals surface area contributed by atoms with Crippen molar-refractivity contribution in [3.8, 4) is 0 Å². The molecule has 0 saturated carbocycles. The molecule has 2 aliphatic heterocycles. The van der Waals surface area contributed by atoms with Crippen LogP contribution in [0.15, 0.2) is 0 Å². The molecule has 2 aliphatic rings. The minimum absolute atomic E-state index is 0.150. The quantitative estimate of drug-likeness (QED) is 0.821. The van der Waals surface area contributed by atoms with Gasteiger partial charge in [0, 0.05) is 32.8 Å². The van der Waals surface area contributed by atoms with E-state index in [0.717, 1.165) is 17.7 Å². The van der Waals surface area contributed by atoms with Gasteiger partial charge in [0.25, 0.3) is 0 Å². The third-order valence-electron chi connectivity index (χ3n) is 4.71. The summed E-state index contributed by atoms with van der Waals surface area (Å²) in [5.74, 6) is -5.16. The Hall–Kier alpha value is -1.51. The topological polar surface area (TPSA) is 78.9 Å². The molecule has 0 unspecified atom stereocenters. The number of halogens is 3. The summed E-state index contributed by atoms with van der Waals surface area (Å²) in [5, 5.41) is 11.6. The number of carbonyl (C=O) groups excluding carboxylic acids is 1. The lowest BCUT2D eigenvalue weighted by Gasteiger charge is -2.34. The minimum Gasteiger partial charge on any atom is -0.481 e. The van der Waals surface area contributed by atoms with Crippen molar-refractivity contribution in [2.45, 2.75) is 25.9 Å². The van der Waals surface area contributed by atoms with Gasteiger partial charge in [-0.05, 0) is 18.3 Å². The fourth-order valence-corrected chi connectivity index (χ4v) is 2.99. The van der Waals surface area contributed by atoms with E-state index in [1.807, 2.05) is 6.92 Å². The van der Waals surface area contributed by atoms with Crippen LogP contribution in [-0.4, -0.2) is 61.0 Å². The second kappa shape index (κ2) is 6.54. The average Bonchev–Trinajstić information content (AvgIpc) is 2.91. The third kappa shape index (κ3) is 4.27. The maximum absolute atomic E-state index is 12.9. The van der Waals surface area contributed by atoms with Gasteiger partial charge in [-0.15, -0.1) is 0 Å². The molecule has 0 bridgehead atoms. The van der Waals surface area contributed by atoms with Gasteiger partial charge in [0.05, 0.1) is 11.8 Å². The second-order valence-corrected chi connectivity index (χ2v) is 6.58. The summed E-state index contributed by atoms with van der Waals surface area (Å²) in [6.45, 7) is 2.45. The highest BCUT2D eigenvalue weighted by molar-refractivity contribution is 5.77. The number of aliphatic carboxylic acids is 1. The van der Waals surface area contributed by atoms with E-state index >= 15 is 0 Å². The number of hydrogen-bond donors (Lipinski definition) is 2. The molecule has 2 N–H and O–H groups in total. The third-order valence-corrected chi connectivity index (χ3v) is 4.71. The standard InChI is InChI=1S/C14H21F3N2O4/c1-13(2-4-23-5-3-13)8-18-12(22)19-6-9(11(20)21)10(7-19)14(15,16)17/h9-10H,2-8H2,1H3,(H,18,22)(H,20,21)/t9-,10-/m1/s1. The first-order chi connectivity index (χ1) is 10.6. The Balaban J connectivity index is 1.93. The van der Waals surface area contributed by atoms with Gasteiger partial charge < -0.3 is 20.1 Å². The molecular weight excluding hydrogens is 317 g/mol. The summed E-state index contributed by atoms with van der Waals surface area (Å²) in [7, 11) is 0. The first kappa shape index (κ1) is 17.8. The number of ether oxygens (including phenoxy) is 1. The van der Waals surface area contributed by atoms with Crippen molar-refractivity contribution >= 4 is 12.0 Å². The number of rotatable bonds is 3. The molecule has 6 nitrogen and oxygen atoms in total. The summed E-state index contributed by atoms with van der Waals surface area (Å²) >= 11 is 0. The molecule has 0 radical (unpaired) electrons. The summed E-state index contributed by atoms with van der Waals surface area (Å²) in [5.41, 5.74) is -0.150. The number of likely N-dealkylation sites (tertiary alicyclic amines) is 1. The number of nitrogens with one attached hydrogen (secondary N) is 1. The van der Waals surface area contributed by atoms with Crippen LogP contribution in [0.5, 0.6) is 0 Å². The highest BCUT2D eigenvalue weighted by Gasteiger charge is 2.53. The number of carbonyl (C=O) groups is 2. The van der Waals surface area contributed by atoms with Crippen LogP contribution < -0.4 is 5.32 Å². The van der Waals surface area contributed by atoms with Crippen molar-refractivity contribution < 1.29 is 32.6 Å². The number of carboxylic acid groups (broad SMARTS) is 1. The number of alkyl halides is 3. The minimum atomic E-state index is -4.63. The van der Waals surface area contributed by atoms with Crippen LogP contribution in [0, 0.1) is 17.3 Å². The van der Waals surface area contributed by atoms with Crippen LogP contribution in [0.2, 0.25) is 0 Å². The first-order valence-electron chi connectivity index (χ1n) is 7.52. The smallest absolute Gasteiger partial charge is 0.394 e. The van der Waals surface area contributed by atoms with Gasteiger partial charge in [-0.25, -0.2) is 4.79 Å². The summed E-state index contributed by atoms with van der Waals surface area (Å²) in [6.07, 6.45) is -3.11. The van der Waals surface area contributed by atoms with E-state index in [1.165, 1.54) is 0 Å². The Morgan fingerprint density at radius 3 is 2.39 bits per heavy atom. The SMILES string of the molecule is CC1(CNC(=O)N2C[C@@H](C(F)(F)F)[C@H](C(=O)O)C2)CCOCC1. The van der Waals surface area contributed by atoms with Crippen LogP contribution in [0.25, 0.3) is 0 Å². The number of hydrogen-bond acceptors (Lipinski definition) is 3. The van der Waals surface area contributed by atoms with Crippen LogP contribution >= 0.6 is 0 Å². The van der Waals surface area contributed by atoms with E-state index < -0.39 is 43.1 Å². The fourth-order valence-electron chi connectivity index (χ4n) is 2.99. The van der Waals surface area contributed by atoms with E-state index in [-0.39, 0.29) is 5.41 Å². The lowest BCUT2D eigenvalue weighted by Crippen LogP contribution is -2.45. The van der Waals surface area contributed by atoms with Gasteiger partial charge in [0.15, 0.2) is 0 Å². The molecule has 2 atom stereocenters. The van der Waals surface area contributed by atoms with Crippen LogP contribution in [-0.2, 0) is 9.53 Å². The predicted molar refractivity (Wildman–Crippen MR) is 73.8 cm³/mol. The molecule has 132 valence electrons. The molecule has 2 amide bonds. The average molecular weight is 338 g/mol. The molecule has 0 aliphatic carbocycles. The maximum Gasteiger partial charge on any atom is 0.394 e. The zero-order valence-corrected chi connectivity index (χ0v) is 12.9. The van der Waals surface area contributed by atoms with Crippen molar-refractivity contribution in [1.82, 2.24) is 10.2 Å². The number of carboxylic acids is 1. The van der Waals surface area contributed by atoms with Crippen molar-refractivity contribution in [1.29, 1.82) is 0 Å². The normalized spacial score (nSPS) is 27.7. The van der Waals surface area contributed by atoms with Gasteiger partial charge in [-0.2, -0.15) is 13.2 Å². The lowest BCUT2D eigenvalue weighted by molar-refractivity contribution is -0.187. The zero-order chi connectivity index (χ0) is 17.3. The van der Waals surface area contributed by atoms with Gasteiger partial charge in [0.1, 0.15) is 0 Å². The summed E-state index contributed by atoms with van der Waals surface area (Å²) in [6, 6.07) is -0.643. The highest BCUT2D eigenvalue weighted by atomic mass is 19.4. The van der Waals surface area contributed by atoms with Crippen LogP contribution in [0.3, 0.4) is 0 Å².